The molecule has 2 fully saturated rings. The molecule has 1 N–H and O–H groups in total. The second kappa shape index (κ2) is 12.6. The lowest BCUT2D eigenvalue weighted by atomic mass is 9.82. The van der Waals surface area contributed by atoms with E-state index in [0.29, 0.717) is 18.5 Å². The molecule has 0 spiro atoms. The molecule has 0 bridgehead atoms. The summed E-state index contributed by atoms with van der Waals surface area (Å²) in [5, 5.41) is 2.98. The van der Waals surface area contributed by atoms with Gasteiger partial charge >= 0.3 is 6.09 Å². The van der Waals surface area contributed by atoms with Gasteiger partial charge in [-0.15, -0.1) is 0 Å². The fourth-order valence-electron chi connectivity index (χ4n) is 4.72. The normalized spacial score (nSPS) is 25.2. The third-order valence-corrected chi connectivity index (χ3v) is 18.4. The number of allylic oxidation sites excluding steroid dienone is 1. The second-order valence-electron chi connectivity index (χ2n) is 14.5. The molecular weight excluding hydrogens is 541 g/mol. The number of Topliss-reactive ketones (excluding diaryl/α,β-unsaturated/α-hetero) is 1. The number of nitrogens with zero attached hydrogens (tertiary/aromatic N) is 1. The maximum Gasteiger partial charge on any atom is 0.410 e. The molecule has 0 aliphatic carbocycles. The van der Waals surface area contributed by atoms with Crippen LogP contribution in [-0.2, 0) is 23.2 Å². The van der Waals surface area contributed by atoms with Gasteiger partial charge in [0.05, 0.1) is 30.2 Å². The molecule has 2 amide bonds. The maximum atomic E-state index is 13.3. The summed E-state index contributed by atoms with van der Waals surface area (Å²) in [4.78, 5) is 40.4. The van der Waals surface area contributed by atoms with Crippen molar-refractivity contribution in [2.24, 2.45) is 5.92 Å². The fraction of sp³-hybridized carbons (Fsp3) is 0.767. The molecule has 0 radical (unpaired) electrons. The number of ketones is 1. The molecule has 0 unspecified atom stereocenters. The van der Waals surface area contributed by atoms with E-state index in [4.69, 9.17) is 13.6 Å². The lowest BCUT2D eigenvalue weighted by molar-refractivity contribution is -0.141. The van der Waals surface area contributed by atoms with E-state index in [2.05, 4.69) is 79.6 Å². The van der Waals surface area contributed by atoms with E-state index in [-0.39, 0.29) is 65.0 Å². The van der Waals surface area contributed by atoms with E-state index in [1.807, 2.05) is 13.0 Å². The van der Waals surface area contributed by atoms with Crippen LogP contribution in [-0.4, -0.2) is 76.8 Å². The zero-order chi connectivity index (χ0) is 30.8. The molecule has 0 aromatic carbocycles. The Balaban J connectivity index is 2.15. The van der Waals surface area contributed by atoms with Crippen molar-refractivity contribution in [3.8, 4) is 0 Å². The summed E-state index contributed by atoms with van der Waals surface area (Å²) in [5.74, 6) is -0.476. The Labute approximate surface area is 244 Å². The molecule has 0 aromatic rings. The number of hydrogen-bond donors (Lipinski definition) is 1. The fourth-order valence-corrected chi connectivity index (χ4v) is 7.50. The third-order valence-electron chi connectivity index (χ3n) is 9.28. The molecule has 8 nitrogen and oxygen atoms in total. The van der Waals surface area contributed by atoms with Crippen LogP contribution in [0.1, 0.15) is 68.2 Å². The van der Waals surface area contributed by atoms with Gasteiger partial charge in [0.2, 0.25) is 5.91 Å². The van der Waals surface area contributed by atoms with Crippen LogP contribution in [0.15, 0.2) is 24.3 Å². The first-order chi connectivity index (χ1) is 18.1. The van der Waals surface area contributed by atoms with Crippen molar-refractivity contribution >= 4 is 34.4 Å². The summed E-state index contributed by atoms with van der Waals surface area (Å²) >= 11 is 0. The van der Waals surface area contributed by atoms with E-state index < -0.39 is 22.7 Å². The predicted octanol–water partition coefficient (Wildman–Crippen LogP) is 6.20. The summed E-state index contributed by atoms with van der Waals surface area (Å²) in [7, 11) is -4.12. The summed E-state index contributed by atoms with van der Waals surface area (Å²) < 4.78 is 18.5. The first-order valence-electron chi connectivity index (χ1n) is 14.5. The predicted molar refractivity (Wildman–Crippen MR) is 165 cm³/mol. The van der Waals surface area contributed by atoms with E-state index in [9.17, 15) is 14.4 Å². The van der Waals surface area contributed by atoms with Crippen molar-refractivity contribution in [2.45, 2.75) is 129 Å². The van der Waals surface area contributed by atoms with Gasteiger partial charge in [-0.05, 0) is 62.1 Å². The summed E-state index contributed by atoms with van der Waals surface area (Å²) in [6, 6.07) is -0.585. The Kier molecular flexibility index (Phi) is 10.9. The van der Waals surface area contributed by atoms with E-state index >= 15 is 0 Å². The Morgan fingerprint density at radius 1 is 1.10 bits per heavy atom. The van der Waals surface area contributed by atoms with Crippen LogP contribution in [0.5, 0.6) is 0 Å². The molecule has 2 aliphatic rings. The smallest absolute Gasteiger partial charge is 0.410 e. The summed E-state index contributed by atoms with van der Waals surface area (Å²) in [6.45, 7) is 29.7. The van der Waals surface area contributed by atoms with Crippen molar-refractivity contribution in [3.63, 3.8) is 0 Å². The molecule has 2 aliphatic heterocycles. The zero-order valence-electron chi connectivity index (χ0n) is 27.0. The number of ether oxygens (including phenoxy) is 1. The molecule has 2 rings (SSSR count). The van der Waals surface area contributed by atoms with Gasteiger partial charge in [0.1, 0.15) is 6.61 Å². The van der Waals surface area contributed by atoms with Crippen LogP contribution in [0.2, 0.25) is 36.3 Å². The van der Waals surface area contributed by atoms with Gasteiger partial charge in [-0.2, -0.15) is 0 Å². The zero-order valence-corrected chi connectivity index (χ0v) is 29.0. The highest BCUT2D eigenvalue weighted by Gasteiger charge is 2.48. The van der Waals surface area contributed by atoms with Gasteiger partial charge in [-0.1, -0.05) is 60.3 Å². The number of carbonyl (C=O) groups excluding carboxylic acids is 3. The number of likely N-dealkylation sites (tertiary alicyclic amines) is 1. The van der Waals surface area contributed by atoms with Crippen LogP contribution in [0.4, 0.5) is 4.79 Å². The van der Waals surface area contributed by atoms with E-state index in [0.717, 1.165) is 0 Å². The molecule has 10 heteroatoms. The summed E-state index contributed by atoms with van der Waals surface area (Å²) in [6.07, 6.45) is 3.35. The van der Waals surface area contributed by atoms with Gasteiger partial charge in [0, 0.05) is 13.0 Å². The standard InChI is InChI=1S/C30H54N2O6Si2/c1-14-15-36-28(35)32-19-23(38-40(12,13)30(7,8)9)17-22(32)16-20(2)25(33)18-24-26(27(34)31-24)21(3)37-39(10,11)29(4,5)6/h14,16,21-24,26H,1,15,17-19H2,2-13H3,(H,31,34)/t21-,22-,23-,24-,26-/m1/s1. The van der Waals surface area contributed by atoms with Gasteiger partial charge in [0.25, 0.3) is 0 Å². The minimum absolute atomic E-state index is 0.0261. The molecule has 40 heavy (non-hydrogen) atoms. The third kappa shape index (κ3) is 8.17. The van der Waals surface area contributed by atoms with Crippen molar-refractivity contribution in [2.75, 3.05) is 13.2 Å². The molecule has 2 heterocycles. The minimum atomic E-state index is -2.06. The van der Waals surface area contributed by atoms with Crippen LogP contribution in [0.3, 0.4) is 0 Å². The van der Waals surface area contributed by atoms with E-state index in [1.54, 1.807) is 11.8 Å². The molecule has 2 saturated heterocycles. The van der Waals surface area contributed by atoms with Gasteiger partial charge in [-0.3, -0.25) is 14.5 Å². The highest BCUT2D eigenvalue weighted by atomic mass is 28.4. The van der Waals surface area contributed by atoms with Crippen molar-refractivity contribution < 1.29 is 28.0 Å². The van der Waals surface area contributed by atoms with Crippen LogP contribution < -0.4 is 5.32 Å². The average Bonchev–Trinajstić information content (AvgIpc) is 3.16. The average molecular weight is 595 g/mol. The quantitative estimate of drug-likeness (QED) is 0.132. The molecule has 0 saturated carbocycles. The number of amides is 2. The monoisotopic (exact) mass is 594 g/mol. The molecule has 5 atom stereocenters. The first kappa shape index (κ1) is 34.4. The highest BCUT2D eigenvalue weighted by Crippen LogP contribution is 2.40. The molecule has 228 valence electrons. The van der Waals surface area contributed by atoms with Gasteiger partial charge < -0.3 is 18.9 Å². The Morgan fingerprint density at radius 3 is 2.17 bits per heavy atom. The topological polar surface area (TPSA) is 94.2 Å². The van der Waals surface area contributed by atoms with Gasteiger partial charge in [0.15, 0.2) is 22.4 Å². The SMILES string of the molecule is C=CCOC(=O)N1C[C@H](O[Si](C)(C)C(C)(C)C)C[C@H]1C=C(C)C(=O)C[C@H]1NC(=O)[C@@H]1[C@@H](C)O[Si](C)(C)C(C)(C)C. The molecule has 0 aromatic heterocycles. The van der Waals surface area contributed by atoms with Crippen molar-refractivity contribution in [3.05, 3.63) is 24.3 Å². The van der Waals surface area contributed by atoms with Crippen molar-refractivity contribution in [1.82, 2.24) is 10.2 Å². The largest absolute Gasteiger partial charge is 0.445 e. The van der Waals surface area contributed by atoms with Crippen LogP contribution in [0, 0.1) is 5.92 Å². The Morgan fingerprint density at radius 2 is 1.68 bits per heavy atom. The number of carbonyl (C=O) groups is 3. The van der Waals surface area contributed by atoms with Gasteiger partial charge in [-0.25, -0.2) is 4.79 Å². The Bertz CT molecular complexity index is 995. The van der Waals surface area contributed by atoms with Crippen molar-refractivity contribution in [1.29, 1.82) is 0 Å². The van der Waals surface area contributed by atoms with Crippen LogP contribution >= 0.6 is 0 Å². The lowest BCUT2D eigenvalue weighted by Gasteiger charge is -2.45. The molecular formula is C30H54N2O6Si2. The number of nitrogens with one attached hydrogen (secondary N) is 1. The number of hydrogen-bond acceptors (Lipinski definition) is 6. The van der Waals surface area contributed by atoms with Crippen LogP contribution in [0.25, 0.3) is 0 Å². The number of rotatable bonds is 11. The summed E-state index contributed by atoms with van der Waals surface area (Å²) in [5.41, 5.74) is 0.567. The first-order valence-corrected chi connectivity index (χ1v) is 20.3. The second-order valence-corrected chi connectivity index (χ2v) is 24.0. The Hall–Kier alpha value is -1.76. The minimum Gasteiger partial charge on any atom is -0.445 e. The maximum absolute atomic E-state index is 13.3. The highest BCUT2D eigenvalue weighted by molar-refractivity contribution is 6.74. The number of β-lactam (4-membered cyclic amide) rings is 1. The van der Waals surface area contributed by atoms with E-state index in [1.165, 1.54) is 6.08 Å². The lowest BCUT2D eigenvalue weighted by Crippen LogP contribution is -2.64.